The molecule has 0 rings (SSSR count). The van der Waals surface area contributed by atoms with Crippen LogP contribution in [0, 0.1) is 0 Å². The van der Waals surface area contributed by atoms with Crippen molar-refractivity contribution in [2.45, 2.75) is 129 Å². The molecule has 188 valence electrons. The zero-order valence-electron chi connectivity index (χ0n) is 21.7. The van der Waals surface area contributed by atoms with Gasteiger partial charge in [0.2, 0.25) is 0 Å². The van der Waals surface area contributed by atoms with Crippen LogP contribution in [-0.2, 0) is 9.47 Å². The largest absolute Gasteiger partial charge is 0.382 e. The van der Waals surface area contributed by atoms with Gasteiger partial charge in [0.25, 0.3) is 0 Å². The molecule has 7 heteroatoms. The van der Waals surface area contributed by atoms with Crippen LogP contribution in [0.2, 0.25) is 24.2 Å². The number of ether oxygens (including phenoxy) is 2. The van der Waals surface area contributed by atoms with E-state index in [9.17, 15) is 0 Å². The minimum atomic E-state index is -0.759. The molecule has 0 aliphatic carbocycles. The molecule has 0 spiro atoms. The molecule has 0 fully saturated rings. The Morgan fingerprint density at radius 2 is 0.903 bits per heavy atom. The number of hydrogen-bond donors (Lipinski definition) is 0. The van der Waals surface area contributed by atoms with Gasteiger partial charge in [-0.25, -0.2) is 0 Å². The SMILES string of the molecule is CCCOC(CCSSSCCC(OCCC)[SiH](CCC)CCC)[SiH](CCC)CCC. The van der Waals surface area contributed by atoms with Gasteiger partial charge in [0, 0.05) is 36.2 Å². The van der Waals surface area contributed by atoms with Gasteiger partial charge < -0.3 is 9.47 Å². The average Bonchev–Trinajstić information content (AvgIpc) is 2.77. The van der Waals surface area contributed by atoms with E-state index in [1.54, 1.807) is 0 Å². The molecule has 0 amide bonds. The molecule has 31 heavy (non-hydrogen) atoms. The second-order valence-corrected chi connectivity index (χ2v) is 20.1. The fraction of sp³-hybridized carbons (Fsp3) is 1.00. The monoisotopic (exact) mass is 526 g/mol. The first-order valence-electron chi connectivity index (χ1n) is 13.3. The summed E-state index contributed by atoms with van der Waals surface area (Å²) in [5.74, 6) is 2.48. The first kappa shape index (κ1) is 32.4. The molecule has 0 heterocycles. The Hall–Kier alpha value is 1.40. The zero-order valence-corrected chi connectivity index (χ0v) is 26.4. The molecule has 0 saturated carbocycles. The van der Waals surface area contributed by atoms with Crippen LogP contribution in [0.1, 0.15) is 92.9 Å². The van der Waals surface area contributed by atoms with Crippen LogP contribution in [0.15, 0.2) is 0 Å². The van der Waals surface area contributed by atoms with E-state index in [1.165, 1.54) is 74.2 Å². The predicted octanol–water partition coefficient (Wildman–Crippen LogP) is 8.56. The maximum absolute atomic E-state index is 6.35. The topological polar surface area (TPSA) is 18.5 Å². The molecule has 0 saturated heterocycles. The van der Waals surface area contributed by atoms with Crippen molar-refractivity contribution in [1.29, 1.82) is 0 Å². The fourth-order valence-electron chi connectivity index (χ4n) is 4.39. The van der Waals surface area contributed by atoms with Gasteiger partial charge >= 0.3 is 0 Å². The van der Waals surface area contributed by atoms with E-state index in [2.05, 4.69) is 63.1 Å². The first-order valence-corrected chi connectivity index (χ1v) is 21.7. The van der Waals surface area contributed by atoms with Gasteiger partial charge in [-0.2, -0.15) is 0 Å². The molecule has 0 aliphatic heterocycles. The van der Waals surface area contributed by atoms with E-state index >= 15 is 0 Å². The third-order valence-corrected chi connectivity index (χ3v) is 18.6. The summed E-state index contributed by atoms with van der Waals surface area (Å²) < 4.78 is 12.7. The minimum absolute atomic E-state index is 0.597. The maximum atomic E-state index is 6.35. The lowest BCUT2D eigenvalue weighted by Gasteiger charge is -2.26. The van der Waals surface area contributed by atoms with Gasteiger partial charge in [-0.15, -0.1) is 0 Å². The molecule has 0 aromatic carbocycles. The van der Waals surface area contributed by atoms with Crippen LogP contribution >= 0.6 is 31.4 Å². The van der Waals surface area contributed by atoms with Crippen LogP contribution < -0.4 is 0 Å². The molecule has 0 N–H and O–H groups in total. The van der Waals surface area contributed by atoms with Crippen molar-refractivity contribution in [2.24, 2.45) is 0 Å². The smallest absolute Gasteiger partial charge is 0.0717 e. The molecular weight excluding hydrogens is 473 g/mol. The van der Waals surface area contributed by atoms with Crippen molar-refractivity contribution in [3.63, 3.8) is 0 Å². The van der Waals surface area contributed by atoms with E-state index in [4.69, 9.17) is 9.47 Å². The van der Waals surface area contributed by atoms with E-state index in [0.717, 1.165) is 26.1 Å². The number of rotatable bonds is 24. The molecule has 2 atom stereocenters. The molecule has 2 nitrogen and oxygen atoms in total. The van der Waals surface area contributed by atoms with Gasteiger partial charge in [0.1, 0.15) is 0 Å². The molecule has 0 aromatic rings. The van der Waals surface area contributed by atoms with Gasteiger partial charge in [0.15, 0.2) is 0 Å². The highest BCUT2D eigenvalue weighted by molar-refractivity contribution is 9.09. The van der Waals surface area contributed by atoms with Gasteiger partial charge in [-0.3, -0.25) is 0 Å². The van der Waals surface area contributed by atoms with Crippen molar-refractivity contribution in [2.75, 3.05) is 24.7 Å². The van der Waals surface area contributed by atoms with Crippen molar-refractivity contribution < 1.29 is 9.47 Å². The Morgan fingerprint density at radius 3 is 1.19 bits per heavy atom. The Kier molecular flexibility index (Phi) is 25.6. The maximum Gasteiger partial charge on any atom is 0.0717 e. The summed E-state index contributed by atoms with van der Waals surface area (Å²) in [6.45, 7) is 15.8. The van der Waals surface area contributed by atoms with Crippen molar-refractivity contribution in [3.8, 4) is 0 Å². The predicted molar refractivity (Wildman–Crippen MR) is 156 cm³/mol. The van der Waals surface area contributed by atoms with Gasteiger partial charge in [-0.1, -0.05) is 113 Å². The van der Waals surface area contributed by atoms with E-state index in [-0.39, 0.29) is 0 Å². The lowest BCUT2D eigenvalue weighted by Crippen LogP contribution is -2.34. The summed E-state index contributed by atoms with van der Waals surface area (Å²) in [7, 11) is 4.62. The van der Waals surface area contributed by atoms with Gasteiger partial charge in [0.05, 0.1) is 17.6 Å². The van der Waals surface area contributed by atoms with Crippen LogP contribution in [0.4, 0.5) is 0 Å². The van der Waals surface area contributed by atoms with Crippen molar-refractivity contribution in [1.82, 2.24) is 0 Å². The second-order valence-electron chi connectivity index (χ2n) is 8.78. The van der Waals surface area contributed by atoms with E-state index in [0.29, 0.717) is 11.5 Å². The lowest BCUT2D eigenvalue weighted by molar-refractivity contribution is 0.1000. The first-order chi connectivity index (χ1) is 15.2. The molecule has 2 unspecified atom stereocenters. The minimum Gasteiger partial charge on any atom is -0.382 e. The summed E-state index contributed by atoms with van der Waals surface area (Å²) in [6, 6.07) is 5.81. The molecule has 0 aromatic heterocycles. The molecular formula is C24H54O2S3Si2. The van der Waals surface area contributed by atoms with E-state index in [1.807, 2.05) is 9.83 Å². The average molecular weight is 527 g/mol. The Bertz CT molecular complexity index is 324. The lowest BCUT2D eigenvalue weighted by atomic mass is 10.5. The summed E-state index contributed by atoms with van der Waals surface area (Å²) in [5.41, 5.74) is 1.19. The third-order valence-electron chi connectivity index (χ3n) is 5.83. The highest BCUT2D eigenvalue weighted by Gasteiger charge is 2.23. The van der Waals surface area contributed by atoms with Crippen LogP contribution in [0.3, 0.4) is 0 Å². The number of hydrogen-bond acceptors (Lipinski definition) is 5. The highest BCUT2D eigenvalue weighted by atomic mass is 33.5. The van der Waals surface area contributed by atoms with Crippen LogP contribution in [0.5, 0.6) is 0 Å². The molecule has 0 bridgehead atoms. The fourth-order valence-corrected chi connectivity index (χ4v) is 15.9. The van der Waals surface area contributed by atoms with Crippen molar-refractivity contribution >= 4 is 49.0 Å². The van der Waals surface area contributed by atoms with E-state index < -0.39 is 17.6 Å². The highest BCUT2D eigenvalue weighted by Crippen LogP contribution is 2.36. The van der Waals surface area contributed by atoms with Crippen molar-refractivity contribution in [3.05, 3.63) is 0 Å². The normalized spacial score (nSPS) is 13.9. The van der Waals surface area contributed by atoms with Crippen LogP contribution in [0.25, 0.3) is 0 Å². The summed E-state index contributed by atoms with van der Waals surface area (Å²) in [4.78, 5) is 0. The van der Waals surface area contributed by atoms with Crippen LogP contribution in [-0.4, -0.2) is 53.8 Å². The Balaban J connectivity index is 4.30. The summed E-state index contributed by atoms with van der Waals surface area (Å²) in [5, 5.41) is 0. The Morgan fingerprint density at radius 1 is 0.548 bits per heavy atom. The molecule has 0 aliphatic rings. The second kappa shape index (κ2) is 24.5. The standard InChI is InChI=1S/C24H54O2S3Si2/c1-7-15-25-23(30(19-9-3)20-10-4)13-17-27-29-28-18-14-24(26-16-8-2)31(21-11-5)22-12-6/h23-24,30-31H,7-22H2,1-6H3. The summed E-state index contributed by atoms with van der Waals surface area (Å²) >= 11 is 0. The quantitative estimate of drug-likeness (QED) is 0.0710. The molecule has 0 radical (unpaired) electrons. The third kappa shape index (κ3) is 17.5. The zero-order chi connectivity index (χ0) is 23.2. The Labute approximate surface area is 210 Å². The van der Waals surface area contributed by atoms with Gasteiger partial charge in [-0.05, 0) is 35.5 Å². The summed E-state index contributed by atoms with van der Waals surface area (Å²) in [6.07, 6.45) is 10.2.